The Bertz CT molecular complexity index is 374. The highest BCUT2D eigenvalue weighted by atomic mass is 16.4. The average molecular weight is 191 g/mol. The molecular weight excluding hydrogens is 179 g/mol. The SMILES string of the molecule is C#[N+]N(C)c1ccc(B(O)O)cc1C. The van der Waals surface area contributed by atoms with Crippen molar-refractivity contribution in [2.24, 2.45) is 0 Å². The van der Waals surface area contributed by atoms with E-state index in [9.17, 15) is 0 Å². The third-order valence-electron chi connectivity index (χ3n) is 2.04. The van der Waals surface area contributed by atoms with Gasteiger partial charge in [-0.05, 0) is 29.0 Å². The van der Waals surface area contributed by atoms with E-state index in [4.69, 9.17) is 16.6 Å². The zero-order valence-corrected chi connectivity index (χ0v) is 8.18. The van der Waals surface area contributed by atoms with Gasteiger partial charge in [0.1, 0.15) is 5.69 Å². The minimum Gasteiger partial charge on any atom is -0.423 e. The highest BCUT2D eigenvalue weighted by molar-refractivity contribution is 6.58. The van der Waals surface area contributed by atoms with Gasteiger partial charge in [-0.15, -0.1) is 0 Å². The van der Waals surface area contributed by atoms with Crippen LogP contribution >= 0.6 is 0 Å². The molecule has 1 rings (SSSR count). The van der Waals surface area contributed by atoms with Crippen molar-refractivity contribution in [3.8, 4) is 6.57 Å². The average Bonchev–Trinajstić information content (AvgIpc) is 2.16. The largest absolute Gasteiger partial charge is 0.488 e. The molecule has 0 heterocycles. The molecule has 0 unspecified atom stereocenters. The van der Waals surface area contributed by atoms with Crippen molar-refractivity contribution in [3.05, 3.63) is 28.7 Å². The van der Waals surface area contributed by atoms with Gasteiger partial charge in [0.2, 0.25) is 0 Å². The van der Waals surface area contributed by atoms with Gasteiger partial charge >= 0.3 is 13.7 Å². The molecule has 0 atom stereocenters. The Hall–Kier alpha value is -1.51. The Kier molecular flexibility index (Phi) is 3.12. The van der Waals surface area contributed by atoms with E-state index in [0.29, 0.717) is 5.46 Å². The normalized spacial score (nSPS) is 9.36. The van der Waals surface area contributed by atoms with E-state index in [2.05, 4.69) is 4.95 Å². The molecule has 0 radical (unpaired) electrons. The van der Waals surface area contributed by atoms with Crippen molar-refractivity contribution in [1.82, 2.24) is 0 Å². The fourth-order valence-corrected chi connectivity index (χ4v) is 1.26. The number of hydrogen-bond donors (Lipinski definition) is 2. The smallest absolute Gasteiger partial charge is 0.423 e. The molecule has 0 amide bonds. The van der Waals surface area contributed by atoms with Gasteiger partial charge in [0, 0.05) is 0 Å². The van der Waals surface area contributed by atoms with Crippen LogP contribution in [0.5, 0.6) is 0 Å². The third-order valence-corrected chi connectivity index (χ3v) is 2.04. The summed E-state index contributed by atoms with van der Waals surface area (Å²) in [6.45, 7) is 6.97. The molecular formula is C9H12BN2O2+. The molecule has 0 aliphatic carbocycles. The van der Waals surface area contributed by atoms with E-state index < -0.39 is 7.12 Å². The van der Waals surface area contributed by atoms with Gasteiger partial charge in [0.25, 0.3) is 0 Å². The highest BCUT2D eigenvalue weighted by Gasteiger charge is 2.15. The molecule has 14 heavy (non-hydrogen) atoms. The monoisotopic (exact) mass is 191 g/mol. The fourth-order valence-electron chi connectivity index (χ4n) is 1.26. The second kappa shape index (κ2) is 4.14. The summed E-state index contributed by atoms with van der Waals surface area (Å²) in [5, 5.41) is 19.4. The van der Waals surface area contributed by atoms with Crippen LogP contribution in [-0.4, -0.2) is 24.2 Å². The second-order valence-corrected chi connectivity index (χ2v) is 3.06. The standard InChI is InChI=1S/C9H12BN2O2/c1-7-6-8(10(13)14)4-5-9(7)12(3)11-2/h2,4-6,13-14H,1,3H3/q+1. The summed E-state index contributed by atoms with van der Waals surface area (Å²) in [4.78, 5) is 3.50. The maximum Gasteiger partial charge on any atom is 0.488 e. The number of nitrogens with zero attached hydrogens (tertiary/aromatic N) is 2. The second-order valence-electron chi connectivity index (χ2n) is 3.06. The number of hydrogen-bond acceptors (Lipinski definition) is 3. The van der Waals surface area contributed by atoms with Gasteiger partial charge in [-0.2, -0.15) is 0 Å². The molecule has 0 spiro atoms. The molecule has 5 heteroatoms. The zero-order valence-electron chi connectivity index (χ0n) is 8.18. The molecule has 2 N–H and O–H groups in total. The first-order valence-electron chi connectivity index (χ1n) is 4.17. The van der Waals surface area contributed by atoms with Crippen LogP contribution < -0.4 is 10.5 Å². The predicted octanol–water partition coefficient (Wildman–Crippen LogP) is -0.0113. The Morgan fingerprint density at radius 3 is 2.50 bits per heavy atom. The van der Waals surface area contributed by atoms with Crippen LogP contribution in [0.1, 0.15) is 5.56 Å². The summed E-state index contributed by atoms with van der Waals surface area (Å²) in [6, 6.07) is 5.04. The van der Waals surface area contributed by atoms with E-state index >= 15 is 0 Å². The number of rotatable bonds is 2. The van der Waals surface area contributed by atoms with Crippen LogP contribution in [0.25, 0.3) is 4.95 Å². The lowest BCUT2D eigenvalue weighted by Gasteiger charge is -2.06. The van der Waals surface area contributed by atoms with Gasteiger partial charge in [0.05, 0.1) is 12.0 Å². The van der Waals surface area contributed by atoms with Gasteiger partial charge in [-0.25, -0.2) is 0 Å². The zero-order chi connectivity index (χ0) is 10.7. The fraction of sp³-hybridized carbons (Fsp3) is 0.222. The lowest BCUT2D eigenvalue weighted by Crippen LogP contribution is -2.30. The first-order valence-corrected chi connectivity index (χ1v) is 4.17. The molecule has 0 aliphatic heterocycles. The Morgan fingerprint density at radius 1 is 1.43 bits per heavy atom. The summed E-state index contributed by atoms with van der Waals surface area (Å²) in [5.74, 6) is 0. The first kappa shape index (κ1) is 10.6. The van der Waals surface area contributed by atoms with E-state index in [1.54, 1.807) is 25.2 Å². The molecule has 0 bridgehead atoms. The lowest BCUT2D eigenvalue weighted by molar-refractivity contribution is 0.426. The maximum atomic E-state index is 8.93. The van der Waals surface area contributed by atoms with E-state index in [-0.39, 0.29) is 0 Å². The Morgan fingerprint density at radius 2 is 2.07 bits per heavy atom. The summed E-state index contributed by atoms with van der Waals surface area (Å²) in [5.41, 5.74) is 2.17. The van der Waals surface area contributed by atoms with E-state index in [0.717, 1.165) is 11.3 Å². The molecule has 0 fully saturated rings. The Labute approximate surface area is 83.3 Å². The van der Waals surface area contributed by atoms with E-state index in [1.165, 1.54) is 5.01 Å². The van der Waals surface area contributed by atoms with Crippen LogP contribution in [0.4, 0.5) is 5.69 Å². The molecule has 1 aromatic carbocycles. The topological polar surface area (TPSA) is 48.1 Å². The van der Waals surface area contributed by atoms with Gasteiger partial charge in [-0.1, -0.05) is 12.1 Å². The molecule has 0 saturated carbocycles. The minimum atomic E-state index is -1.44. The highest BCUT2D eigenvalue weighted by Crippen LogP contribution is 2.16. The first-order chi connectivity index (χ1) is 6.56. The summed E-state index contributed by atoms with van der Waals surface area (Å²) in [7, 11) is 0.278. The summed E-state index contributed by atoms with van der Waals surface area (Å²) >= 11 is 0. The molecule has 72 valence electrons. The molecule has 0 saturated heterocycles. The van der Waals surface area contributed by atoms with Crippen molar-refractivity contribution >= 4 is 18.3 Å². The van der Waals surface area contributed by atoms with Crippen LogP contribution in [0.15, 0.2) is 18.2 Å². The van der Waals surface area contributed by atoms with Crippen LogP contribution in [-0.2, 0) is 0 Å². The minimum absolute atomic E-state index is 0.455. The van der Waals surface area contributed by atoms with Crippen LogP contribution in [0.3, 0.4) is 0 Å². The maximum absolute atomic E-state index is 8.93. The summed E-state index contributed by atoms with van der Waals surface area (Å²) in [6.07, 6.45) is 0. The molecule has 0 aromatic heterocycles. The quantitative estimate of drug-likeness (QED) is 0.510. The van der Waals surface area contributed by atoms with Gasteiger partial charge in [0.15, 0.2) is 0 Å². The van der Waals surface area contributed by atoms with Crippen molar-refractivity contribution in [2.45, 2.75) is 6.92 Å². The van der Waals surface area contributed by atoms with Crippen molar-refractivity contribution in [1.29, 1.82) is 0 Å². The van der Waals surface area contributed by atoms with Crippen molar-refractivity contribution in [2.75, 3.05) is 12.1 Å². The third kappa shape index (κ3) is 2.05. The van der Waals surface area contributed by atoms with E-state index in [1.807, 2.05) is 6.92 Å². The number of aryl methyl sites for hydroxylation is 1. The number of benzene rings is 1. The van der Waals surface area contributed by atoms with Gasteiger partial charge in [-0.3, -0.25) is 0 Å². The predicted molar refractivity (Wildman–Crippen MR) is 57.7 cm³/mol. The van der Waals surface area contributed by atoms with Crippen molar-refractivity contribution < 1.29 is 10.0 Å². The Balaban J connectivity index is 3.09. The number of anilines is 1. The molecule has 0 aliphatic rings. The van der Waals surface area contributed by atoms with Crippen LogP contribution in [0.2, 0.25) is 0 Å². The molecule has 1 aromatic rings. The van der Waals surface area contributed by atoms with Gasteiger partial charge < -0.3 is 10.0 Å². The molecule has 4 nitrogen and oxygen atoms in total. The lowest BCUT2D eigenvalue weighted by atomic mass is 9.79. The van der Waals surface area contributed by atoms with Crippen LogP contribution in [0, 0.1) is 13.5 Å². The van der Waals surface area contributed by atoms with Crippen molar-refractivity contribution in [3.63, 3.8) is 0 Å². The summed E-state index contributed by atoms with van der Waals surface area (Å²) < 4.78 is 0.